The smallest absolute Gasteiger partial charge is 0.451 e. The minimum absolute atomic E-state index is 0.0999. The molecule has 22 heavy (non-hydrogen) atoms. The summed E-state index contributed by atoms with van der Waals surface area (Å²) in [6, 6.07) is -0.863. The monoisotopic (exact) mass is 316 g/mol. The summed E-state index contributed by atoms with van der Waals surface area (Å²) >= 11 is 0. The van der Waals surface area contributed by atoms with E-state index in [0.717, 1.165) is 25.9 Å². The summed E-state index contributed by atoms with van der Waals surface area (Å²) in [6.07, 6.45) is 2.63. The number of ether oxygens (including phenoxy) is 1. The zero-order valence-corrected chi connectivity index (χ0v) is 13.4. The Morgan fingerprint density at radius 2 is 1.91 bits per heavy atom. The van der Waals surface area contributed by atoms with E-state index in [0.29, 0.717) is 38.4 Å². The first-order chi connectivity index (χ1) is 10.4. The molecule has 1 heterocycles. The van der Waals surface area contributed by atoms with Crippen LogP contribution in [0.25, 0.3) is 0 Å². The first-order valence-corrected chi connectivity index (χ1v) is 8.04. The maximum absolute atomic E-state index is 11.2. The van der Waals surface area contributed by atoms with Crippen molar-refractivity contribution in [2.45, 2.75) is 38.5 Å². The zero-order valence-electron chi connectivity index (χ0n) is 13.4. The molecule has 0 radical (unpaired) electrons. The molecule has 7 nitrogen and oxygen atoms in total. The largest absolute Gasteiger partial charge is 0.480 e. The second kappa shape index (κ2) is 10.2. The van der Waals surface area contributed by atoms with E-state index >= 15 is 0 Å². The van der Waals surface area contributed by atoms with Crippen LogP contribution >= 0.6 is 0 Å². The fraction of sp³-hybridized carbons (Fsp3) is 0.929. The second-order valence-electron chi connectivity index (χ2n) is 6.28. The van der Waals surface area contributed by atoms with Crippen molar-refractivity contribution in [3.8, 4) is 0 Å². The van der Waals surface area contributed by atoms with Crippen molar-refractivity contribution in [1.82, 2.24) is 4.90 Å². The second-order valence-corrected chi connectivity index (χ2v) is 6.28. The SMILES string of the molecule is CC(CCB(O)O)CCC(CN1CCOCC1)C(N)C(=O)O. The van der Waals surface area contributed by atoms with Gasteiger partial charge in [-0.3, -0.25) is 9.69 Å². The van der Waals surface area contributed by atoms with Gasteiger partial charge in [0.15, 0.2) is 0 Å². The Balaban J connectivity index is 2.45. The molecule has 1 aliphatic rings. The lowest BCUT2D eigenvalue weighted by Crippen LogP contribution is -2.47. The zero-order chi connectivity index (χ0) is 16.5. The lowest BCUT2D eigenvalue weighted by atomic mass is 9.79. The van der Waals surface area contributed by atoms with Crippen molar-refractivity contribution in [2.75, 3.05) is 32.8 Å². The standard InChI is InChI=1S/C14H29BN2O5/c1-11(4-5-15(20)21)2-3-12(13(16)14(18)19)10-17-6-8-22-9-7-17/h11-13,20-21H,2-10,16H2,1H3,(H,18,19). The van der Waals surface area contributed by atoms with Crippen LogP contribution in [0.3, 0.4) is 0 Å². The fourth-order valence-electron chi connectivity index (χ4n) is 2.78. The molecular weight excluding hydrogens is 287 g/mol. The molecule has 0 aromatic carbocycles. The van der Waals surface area contributed by atoms with E-state index in [1.807, 2.05) is 6.92 Å². The summed E-state index contributed by atoms with van der Waals surface area (Å²) in [7, 11) is -1.27. The molecule has 0 aliphatic carbocycles. The number of nitrogens with zero attached hydrogens (tertiary/aromatic N) is 1. The van der Waals surface area contributed by atoms with Crippen molar-refractivity contribution in [3.05, 3.63) is 0 Å². The molecule has 8 heteroatoms. The highest BCUT2D eigenvalue weighted by Crippen LogP contribution is 2.21. The van der Waals surface area contributed by atoms with E-state index < -0.39 is 19.1 Å². The number of rotatable bonds is 10. The molecule has 128 valence electrons. The molecule has 0 aromatic heterocycles. The van der Waals surface area contributed by atoms with Crippen molar-refractivity contribution in [1.29, 1.82) is 0 Å². The van der Waals surface area contributed by atoms with Crippen LogP contribution in [0.2, 0.25) is 6.32 Å². The summed E-state index contributed by atoms with van der Waals surface area (Å²) < 4.78 is 5.31. The van der Waals surface area contributed by atoms with Gasteiger partial charge in [-0.05, 0) is 24.6 Å². The molecule has 3 unspecified atom stereocenters. The summed E-state index contributed by atoms with van der Waals surface area (Å²) in [4.78, 5) is 13.4. The van der Waals surface area contributed by atoms with E-state index in [9.17, 15) is 9.90 Å². The molecule has 1 rings (SSSR count). The van der Waals surface area contributed by atoms with E-state index in [-0.39, 0.29) is 5.92 Å². The Kier molecular flexibility index (Phi) is 8.96. The van der Waals surface area contributed by atoms with Crippen LogP contribution in [0.5, 0.6) is 0 Å². The summed E-state index contributed by atoms with van der Waals surface area (Å²) in [6.45, 7) is 5.70. The van der Waals surface area contributed by atoms with Crippen LogP contribution in [0.15, 0.2) is 0 Å². The summed E-state index contributed by atoms with van der Waals surface area (Å²) in [5.74, 6) is -0.747. The maximum atomic E-state index is 11.2. The van der Waals surface area contributed by atoms with Gasteiger partial charge in [0.05, 0.1) is 13.2 Å². The first-order valence-electron chi connectivity index (χ1n) is 8.04. The Bertz CT molecular complexity index is 326. The van der Waals surface area contributed by atoms with Gasteiger partial charge in [0.2, 0.25) is 0 Å². The average Bonchev–Trinajstić information content (AvgIpc) is 2.49. The predicted octanol–water partition coefficient (Wildman–Crippen LogP) is -0.374. The highest BCUT2D eigenvalue weighted by atomic mass is 16.5. The van der Waals surface area contributed by atoms with Gasteiger partial charge >= 0.3 is 13.1 Å². The summed E-state index contributed by atoms with van der Waals surface area (Å²) in [5.41, 5.74) is 5.85. The summed E-state index contributed by atoms with van der Waals surface area (Å²) in [5, 5.41) is 27.0. The number of morpholine rings is 1. The molecule has 3 atom stereocenters. The Morgan fingerprint density at radius 1 is 1.27 bits per heavy atom. The number of hydrogen-bond donors (Lipinski definition) is 4. The molecular formula is C14H29BN2O5. The molecule has 0 saturated carbocycles. The van der Waals surface area contributed by atoms with Gasteiger partial charge in [-0.1, -0.05) is 19.8 Å². The number of hydrogen-bond acceptors (Lipinski definition) is 6. The van der Waals surface area contributed by atoms with E-state index in [2.05, 4.69) is 4.90 Å². The van der Waals surface area contributed by atoms with Crippen molar-refractivity contribution in [3.63, 3.8) is 0 Å². The third kappa shape index (κ3) is 7.55. The van der Waals surface area contributed by atoms with Gasteiger partial charge in [0, 0.05) is 19.6 Å². The quantitative estimate of drug-likeness (QED) is 0.406. The van der Waals surface area contributed by atoms with Crippen LogP contribution < -0.4 is 5.73 Å². The minimum atomic E-state index is -1.27. The van der Waals surface area contributed by atoms with Crippen LogP contribution in [-0.4, -0.2) is 72.0 Å². The average molecular weight is 316 g/mol. The molecule has 0 amide bonds. The van der Waals surface area contributed by atoms with E-state index in [1.165, 1.54) is 0 Å². The lowest BCUT2D eigenvalue weighted by Gasteiger charge is -2.32. The third-order valence-corrected chi connectivity index (χ3v) is 4.34. The van der Waals surface area contributed by atoms with Gasteiger partial charge in [0.25, 0.3) is 0 Å². The molecule has 1 fully saturated rings. The van der Waals surface area contributed by atoms with Crippen molar-refractivity contribution in [2.24, 2.45) is 17.6 Å². The van der Waals surface area contributed by atoms with Gasteiger partial charge in [-0.2, -0.15) is 0 Å². The van der Waals surface area contributed by atoms with Gasteiger partial charge in [-0.15, -0.1) is 0 Å². The van der Waals surface area contributed by atoms with Gasteiger partial charge in [0.1, 0.15) is 6.04 Å². The van der Waals surface area contributed by atoms with E-state index in [4.69, 9.17) is 20.5 Å². The maximum Gasteiger partial charge on any atom is 0.451 e. The number of nitrogens with two attached hydrogens (primary N) is 1. The van der Waals surface area contributed by atoms with Crippen LogP contribution in [0.4, 0.5) is 0 Å². The first kappa shape index (κ1) is 19.4. The Morgan fingerprint density at radius 3 is 2.45 bits per heavy atom. The number of aliphatic carboxylic acids is 1. The molecule has 1 aliphatic heterocycles. The predicted molar refractivity (Wildman–Crippen MR) is 84.4 cm³/mol. The Hall–Kier alpha value is -0.665. The van der Waals surface area contributed by atoms with Gasteiger partial charge in [-0.25, -0.2) is 0 Å². The van der Waals surface area contributed by atoms with Crippen molar-refractivity contribution >= 4 is 13.1 Å². The lowest BCUT2D eigenvalue weighted by molar-refractivity contribution is -0.140. The van der Waals surface area contributed by atoms with Crippen molar-refractivity contribution < 1.29 is 24.7 Å². The molecule has 5 N–H and O–H groups in total. The normalized spacial score (nSPS) is 20.4. The molecule has 0 bridgehead atoms. The van der Waals surface area contributed by atoms with Gasteiger partial charge < -0.3 is 25.6 Å². The number of carbonyl (C=O) groups is 1. The van der Waals surface area contributed by atoms with E-state index in [1.54, 1.807) is 0 Å². The number of carboxylic acids is 1. The molecule has 0 aromatic rings. The third-order valence-electron chi connectivity index (χ3n) is 4.34. The molecule has 0 spiro atoms. The van der Waals surface area contributed by atoms with Crippen LogP contribution in [0, 0.1) is 11.8 Å². The Labute approximate surface area is 132 Å². The van der Waals surface area contributed by atoms with Crippen LogP contribution in [0.1, 0.15) is 26.2 Å². The topological polar surface area (TPSA) is 116 Å². The number of carboxylic acid groups (broad SMARTS) is 1. The highest BCUT2D eigenvalue weighted by Gasteiger charge is 2.27. The molecule has 1 saturated heterocycles. The van der Waals surface area contributed by atoms with Crippen LogP contribution in [-0.2, 0) is 9.53 Å². The minimum Gasteiger partial charge on any atom is -0.480 e. The fourth-order valence-corrected chi connectivity index (χ4v) is 2.78. The highest BCUT2D eigenvalue weighted by molar-refractivity contribution is 6.40.